The summed E-state index contributed by atoms with van der Waals surface area (Å²) in [6.07, 6.45) is 6.69. The van der Waals surface area contributed by atoms with Gasteiger partial charge in [-0.05, 0) is 19.1 Å². The van der Waals surface area contributed by atoms with Gasteiger partial charge >= 0.3 is 0 Å². The highest BCUT2D eigenvalue weighted by Gasteiger charge is 2.59. The summed E-state index contributed by atoms with van der Waals surface area (Å²) in [6.45, 7) is 1.70. The van der Waals surface area contributed by atoms with Crippen molar-refractivity contribution < 1.29 is 14.2 Å². The molecule has 1 atom stereocenters. The topological polar surface area (TPSA) is 53.5 Å². The molecule has 0 bridgehead atoms. The Kier molecular flexibility index (Phi) is 3.85. The van der Waals surface area contributed by atoms with Gasteiger partial charge in [0, 0.05) is 18.4 Å². The molecule has 2 spiro atoms. The minimum absolute atomic E-state index is 0.428. The zero-order valence-corrected chi connectivity index (χ0v) is 14.1. The minimum Gasteiger partial charge on any atom is -0.364 e. The third-order valence-corrected chi connectivity index (χ3v) is 5.79. The quantitative estimate of drug-likeness (QED) is 0.444. The maximum absolute atomic E-state index is 6.30. The second kappa shape index (κ2) is 5.60. The lowest BCUT2D eigenvalue weighted by molar-refractivity contribution is -0.308. The van der Waals surface area contributed by atoms with Gasteiger partial charge in [0.2, 0.25) is 0 Å². The van der Waals surface area contributed by atoms with Gasteiger partial charge in [-0.2, -0.15) is 0 Å². The predicted molar refractivity (Wildman–Crippen MR) is 83.2 cm³/mol. The van der Waals surface area contributed by atoms with Crippen molar-refractivity contribution in [1.82, 2.24) is 9.97 Å². The van der Waals surface area contributed by atoms with Crippen molar-refractivity contribution in [2.45, 2.75) is 55.3 Å². The molecule has 120 valence electrons. The highest BCUT2D eigenvalue weighted by molar-refractivity contribution is 7.98. The predicted octanol–water partition coefficient (Wildman–Crippen LogP) is 2.98. The van der Waals surface area contributed by atoms with Crippen LogP contribution in [0, 0.1) is 0 Å². The van der Waals surface area contributed by atoms with E-state index in [9.17, 15) is 0 Å². The fraction of sp³-hybridized carbons (Fsp3) is 0.733. The molecule has 3 heterocycles. The Labute approximate surface area is 139 Å². The van der Waals surface area contributed by atoms with Crippen LogP contribution in [0.25, 0.3) is 0 Å². The lowest BCUT2D eigenvalue weighted by atomic mass is 9.74. The molecule has 4 rings (SSSR count). The van der Waals surface area contributed by atoms with Crippen molar-refractivity contribution >= 4 is 23.4 Å². The van der Waals surface area contributed by atoms with Crippen LogP contribution in [-0.4, -0.2) is 40.8 Å². The van der Waals surface area contributed by atoms with Crippen LogP contribution >= 0.6 is 23.4 Å². The van der Waals surface area contributed by atoms with Crippen LogP contribution in [0.2, 0.25) is 5.15 Å². The summed E-state index contributed by atoms with van der Waals surface area (Å²) in [5, 5.41) is 1.21. The molecular formula is C15H19ClN2O3S. The molecule has 0 N–H and O–H groups in total. The fourth-order valence-corrected chi connectivity index (χ4v) is 4.52. The van der Waals surface area contributed by atoms with Gasteiger partial charge in [-0.1, -0.05) is 29.8 Å². The fourth-order valence-electron chi connectivity index (χ4n) is 3.84. The molecule has 22 heavy (non-hydrogen) atoms. The van der Waals surface area contributed by atoms with E-state index in [4.69, 9.17) is 25.8 Å². The van der Waals surface area contributed by atoms with E-state index in [1.165, 1.54) is 11.8 Å². The Balaban J connectivity index is 1.74. The Hall–Kier alpha value is -0.400. The second-order valence-electron chi connectivity index (χ2n) is 6.04. The standard InChI is InChI=1S/C15H19ClN2O3S/c1-22-13-17-11-8-14(21-9-10(11)12(16)18-13)4-2-3-5-15(14)19-6-7-20-15/h2-9H2,1H3. The van der Waals surface area contributed by atoms with Crippen LogP contribution in [0.4, 0.5) is 0 Å². The van der Waals surface area contributed by atoms with E-state index in [1.54, 1.807) is 0 Å². The number of halogens is 1. The molecule has 1 aromatic rings. The number of nitrogens with zero attached hydrogens (tertiary/aromatic N) is 2. The van der Waals surface area contributed by atoms with Gasteiger partial charge in [0.15, 0.2) is 10.9 Å². The maximum Gasteiger partial charge on any atom is 0.198 e. The number of fused-ring (bicyclic) bond motifs is 2. The van der Waals surface area contributed by atoms with Gasteiger partial charge in [0.05, 0.1) is 25.5 Å². The monoisotopic (exact) mass is 342 g/mol. The first-order valence-electron chi connectivity index (χ1n) is 7.69. The first kappa shape index (κ1) is 15.1. The molecule has 0 amide bonds. The van der Waals surface area contributed by atoms with Gasteiger partial charge in [0.25, 0.3) is 0 Å². The molecule has 1 aromatic heterocycles. The zero-order valence-electron chi connectivity index (χ0n) is 12.6. The van der Waals surface area contributed by atoms with Crippen LogP contribution in [0.15, 0.2) is 5.16 Å². The van der Waals surface area contributed by atoms with Crippen LogP contribution in [0.3, 0.4) is 0 Å². The number of rotatable bonds is 1. The summed E-state index contributed by atoms with van der Waals surface area (Å²) < 4.78 is 18.4. The average Bonchev–Trinajstić information content (AvgIpc) is 3.00. The molecule has 2 fully saturated rings. The average molecular weight is 343 g/mol. The summed E-state index contributed by atoms with van der Waals surface area (Å²) in [4.78, 5) is 8.98. The highest BCUT2D eigenvalue weighted by atomic mass is 35.5. The number of aromatic nitrogens is 2. The molecule has 7 heteroatoms. The number of thioether (sulfide) groups is 1. The molecule has 0 aromatic carbocycles. The summed E-state index contributed by atoms with van der Waals surface area (Å²) in [5.41, 5.74) is 1.45. The van der Waals surface area contributed by atoms with Gasteiger partial charge in [-0.3, -0.25) is 0 Å². The van der Waals surface area contributed by atoms with Gasteiger partial charge in [-0.25, -0.2) is 9.97 Å². The van der Waals surface area contributed by atoms with E-state index in [0.717, 1.165) is 36.9 Å². The molecule has 5 nitrogen and oxygen atoms in total. The lowest BCUT2D eigenvalue weighted by Gasteiger charge is -2.51. The Bertz CT molecular complexity index is 594. The highest BCUT2D eigenvalue weighted by Crippen LogP contribution is 2.50. The number of ether oxygens (including phenoxy) is 3. The summed E-state index contributed by atoms with van der Waals surface area (Å²) in [7, 11) is 0. The van der Waals surface area contributed by atoms with E-state index in [2.05, 4.69) is 9.97 Å². The molecule has 1 unspecified atom stereocenters. The third kappa shape index (κ3) is 2.19. The SMILES string of the molecule is CSc1nc(Cl)c2c(n1)CC1(CCCCC13OCCO3)OC2. The summed E-state index contributed by atoms with van der Waals surface area (Å²) in [5.74, 6) is -0.611. The van der Waals surface area contributed by atoms with Crippen molar-refractivity contribution in [1.29, 1.82) is 0 Å². The van der Waals surface area contributed by atoms with Crippen LogP contribution in [-0.2, 0) is 27.2 Å². The Morgan fingerprint density at radius 1 is 1.09 bits per heavy atom. The minimum atomic E-state index is -0.611. The maximum atomic E-state index is 6.30. The molecule has 1 saturated carbocycles. The molecule has 0 radical (unpaired) electrons. The summed E-state index contributed by atoms with van der Waals surface area (Å²) in [6, 6.07) is 0. The van der Waals surface area contributed by atoms with Crippen LogP contribution < -0.4 is 0 Å². The largest absolute Gasteiger partial charge is 0.364 e. The Morgan fingerprint density at radius 2 is 1.86 bits per heavy atom. The lowest BCUT2D eigenvalue weighted by Crippen LogP contribution is -2.61. The van der Waals surface area contributed by atoms with E-state index in [1.807, 2.05) is 6.26 Å². The molecular weight excluding hydrogens is 324 g/mol. The molecule has 2 aliphatic heterocycles. The second-order valence-corrected chi connectivity index (χ2v) is 7.17. The van der Waals surface area contributed by atoms with Gasteiger partial charge in [-0.15, -0.1) is 0 Å². The summed E-state index contributed by atoms with van der Waals surface area (Å²) >= 11 is 7.80. The third-order valence-electron chi connectivity index (χ3n) is 4.93. The van der Waals surface area contributed by atoms with Crippen LogP contribution in [0.5, 0.6) is 0 Å². The van der Waals surface area contributed by atoms with Crippen molar-refractivity contribution in [2.75, 3.05) is 19.5 Å². The van der Waals surface area contributed by atoms with Gasteiger partial charge in [0.1, 0.15) is 10.8 Å². The molecule has 1 saturated heterocycles. The van der Waals surface area contributed by atoms with Crippen molar-refractivity contribution in [3.8, 4) is 0 Å². The first-order valence-corrected chi connectivity index (χ1v) is 9.29. The smallest absolute Gasteiger partial charge is 0.198 e. The molecule has 1 aliphatic carbocycles. The normalized spacial score (nSPS) is 29.9. The Morgan fingerprint density at radius 3 is 2.64 bits per heavy atom. The van der Waals surface area contributed by atoms with Crippen molar-refractivity contribution in [3.05, 3.63) is 16.4 Å². The number of hydrogen-bond donors (Lipinski definition) is 0. The molecule has 3 aliphatic rings. The zero-order chi connectivity index (χ0) is 15.2. The number of hydrogen-bond acceptors (Lipinski definition) is 6. The van der Waals surface area contributed by atoms with E-state index in [0.29, 0.717) is 36.6 Å². The van der Waals surface area contributed by atoms with E-state index < -0.39 is 11.4 Å². The van der Waals surface area contributed by atoms with Crippen molar-refractivity contribution in [3.63, 3.8) is 0 Å². The van der Waals surface area contributed by atoms with Crippen molar-refractivity contribution in [2.24, 2.45) is 0 Å². The van der Waals surface area contributed by atoms with E-state index in [-0.39, 0.29) is 0 Å². The van der Waals surface area contributed by atoms with Crippen LogP contribution in [0.1, 0.15) is 36.9 Å². The van der Waals surface area contributed by atoms with Gasteiger partial charge < -0.3 is 14.2 Å². The van der Waals surface area contributed by atoms with E-state index >= 15 is 0 Å². The first-order chi connectivity index (χ1) is 10.7.